The Morgan fingerprint density at radius 2 is 2.18 bits per heavy atom. The Morgan fingerprint density at radius 1 is 1.35 bits per heavy atom. The summed E-state index contributed by atoms with van der Waals surface area (Å²) in [6.07, 6.45) is 3.63. The van der Waals surface area contributed by atoms with Crippen LogP contribution in [-0.2, 0) is 14.2 Å². The van der Waals surface area contributed by atoms with Crippen LogP contribution < -0.4 is 5.32 Å². The van der Waals surface area contributed by atoms with Gasteiger partial charge in [-0.2, -0.15) is 0 Å². The molecule has 2 rings (SSSR count). The first-order valence-corrected chi connectivity index (χ1v) is 6.57. The van der Waals surface area contributed by atoms with Gasteiger partial charge in [0.15, 0.2) is 0 Å². The van der Waals surface area contributed by atoms with E-state index in [1.165, 1.54) is 0 Å². The Morgan fingerprint density at radius 3 is 2.71 bits per heavy atom. The van der Waals surface area contributed by atoms with Crippen LogP contribution in [0.4, 0.5) is 0 Å². The molecule has 17 heavy (non-hydrogen) atoms. The van der Waals surface area contributed by atoms with E-state index in [1.807, 2.05) is 0 Å². The zero-order valence-corrected chi connectivity index (χ0v) is 11.3. The van der Waals surface area contributed by atoms with Gasteiger partial charge in [-0.3, -0.25) is 0 Å². The lowest BCUT2D eigenvalue weighted by molar-refractivity contribution is -0.0295. The number of nitrogens with one attached hydrogen (secondary N) is 1. The minimum Gasteiger partial charge on any atom is -0.378 e. The van der Waals surface area contributed by atoms with Crippen molar-refractivity contribution >= 4 is 0 Å². The molecule has 2 aliphatic heterocycles. The maximum Gasteiger partial charge on any atom is 0.106 e. The van der Waals surface area contributed by atoms with Gasteiger partial charge in [0.2, 0.25) is 0 Å². The molecule has 0 bridgehead atoms. The SMILES string of the molecule is COC1(CNCC2CCC(C)(C)O2)CCOC1. The van der Waals surface area contributed by atoms with Gasteiger partial charge in [0.1, 0.15) is 5.60 Å². The van der Waals surface area contributed by atoms with Crippen LogP contribution in [0.25, 0.3) is 0 Å². The number of hydrogen-bond acceptors (Lipinski definition) is 4. The van der Waals surface area contributed by atoms with Gasteiger partial charge in [-0.05, 0) is 26.7 Å². The molecule has 1 N–H and O–H groups in total. The highest BCUT2D eigenvalue weighted by Gasteiger charge is 2.36. The highest BCUT2D eigenvalue weighted by Crippen LogP contribution is 2.29. The summed E-state index contributed by atoms with van der Waals surface area (Å²) in [7, 11) is 1.77. The molecule has 0 saturated carbocycles. The van der Waals surface area contributed by atoms with Crippen molar-refractivity contribution in [3.8, 4) is 0 Å². The fraction of sp³-hybridized carbons (Fsp3) is 1.00. The number of hydrogen-bond donors (Lipinski definition) is 1. The van der Waals surface area contributed by atoms with Gasteiger partial charge in [0.05, 0.1) is 18.3 Å². The van der Waals surface area contributed by atoms with E-state index in [4.69, 9.17) is 14.2 Å². The molecule has 2 unspecified atom stereocenters. The third-order valence-corrected chi connectivity index (χ3v) is 3.87. The molecule has 2 saturated heterocycles. The lowest BCUT2D eigenvalue weighted by atomic mass is 10.0. The van der Waals surface area contributed by atoms with Crippen molar-refractivity contribution in [2.75, 3.05) is 33.4 Å². The van der Waals surface area contributed by atoms with Gasteiger partial charge in [-0.15, -0.1) is 0 Å². The molecule has 4 nitrogen and oxygen atoms in total. The average Bonchev–Trinajstić information content (AvgIpc) is 2.87. The monoisotopic (exact) mass is 243 g/mol. The Kier molecular flexibility index (Phi) is 4.08. The summed E-state index contributed by atoms with van der Waals surface area (Å²) in [4.78, 5) is 0. The predicted octanol–water partition coefficient (Wildman–Crippen LogP) is 1.34. The molecule has 0 aromatic carbocycles. The zero-order chi connectivity index (χ0) is 12.4. The zero-order valence-electron chi connectivity index (χ0n) is 11.3. The molecule has 0 aliphatic carbocycles. The topological polar surface area (TPSA) is 39.7 Å². The van der Waals surface area contributed by atoms with Crippen molar-refractivity contribution in [1.29, 1.82) is 0 Å². The number of methoxy groups -OCH3 is 1. The van der Waals surface area contributed by atoms with Crippen LogP contribution in [0.3, 0.4) is 0 Å². The molecular weight excluding hydrogens is 218 g/mol. The molecule has 2 atom stereocenters. The molecule has 100 valence electrons. The van der Waals surface area contributed by atoms with Gasteiger partial charge >= 0.3 is 0 Å². The summed E-state index contributed by atoms with van der Waals surface area (Å²) in [5.74, 6) is 0. The fourth-order valence-corrected chi connectivity index (χ4v) is 2.64. The van der Waals surface area contributed by atoms with Crippen molar-refractivity contribution in [2.45, 2.75) is 50.4 Å². The number of ether oxygens (including phenoxy) is 3. The maximum absolute atomic E-state index is 5.95. The molecule has 0 amide bonds. The lowest BCUT2D eigenvalue weighted by Gasteiger charge is -2.27. The summed E-state index contributed by atoms with van der Waals surface area (Å²) in [5.41, 5.74) is -0.0596. The molecular formula is C13H25NO3. The van der Waals surface area contributed by atoms with Crippen LogP contribution >= 0.6 is 0 Å². The molecule has 4 heteroatoms. The Labute approximate surface area is 104 Å². The largest absolute Gasteiger partial charge is 0.378 e. The Balaban J connectivity index is 1.69. The first-order valence-electron chi connectivity index (χ1n) is 6.57. The summed E-state index contributed by atoms with van der Waals surface area (Å²) in [6.45, 7) is 7.59. The summed E-state index contributed by atoms with van der Waals surface area (Å²) in [6, 6.07) is 0. The third-order valence-electron chi connectivity index (χ3n) is 3.87. The highest BCUT2D eigenvalue weighted by atomic mass is 16.5. The van der Waals surface area contributed by atoms with E-state index in [9.17, 15) is 0 Å². The minimum absolute atomic E-state index is 0.0573. The smallest absolute Gasteiger partial charge is 0.106 e. The van der Waals surface area contributed by atoms with Crippen molar-refractivity contribution in [3.63, 3.8) is 0 Å². The van der Waals surface area contributed by atoms with Gasteiger partial charge in [-0.1, -0.05) is 0 Å². The summed E-state index contributed by atoms with van der Waals surface area (Å²) in [5, 5.41) is 3.47. The van der Waals surface area contributed by atoms with Gasteiger partial charge < -0.3 is 19.5 Å². The molecule has 2 aliphatic rings. The first kappa shape index (κ1) is 13.3. The van der Waals surface area contributed by atoms with E-state index in [1.54, 1.807) is 7.11 Å². The molecule has 0 spiro atoms. The summed E-state index contributed by atoms with van der Waals surface area (Å²) < 4.78 is 16.9. The van der Waals surface area contributed by atoms with E-state index in [2.05, 4.69) is 19.2 Å². The fourth-order valence-electron chi connectivity index (χ4n) is 2.64. The van der Waals surface area contributed by atoms with Crippen LogP contribution in [-0.4, -0.2) is 50.7 Å². The van der Waals surface area contributed by atoms with Crippen molar-refractivity contribution in [2.24, 2.45) is 0 Å². The Hall–Kier alpha value is -0.160. The third kappa shape index (κ3) is 3.41. The molecule has 0 aromatic heterocycles. The van der Waals surface area contributed by atoms with Gasteiger partial charge in [0.25, 0.3) is 0 Å². The maximum atomic E-state index is 5.95. The normalized spacial score (nSPS) is 36.5. The second-order valence-electron chi connectivity index (χ2n) is 5.86. The quantitative estimate of drug-likeness (QED) is 0.791. The van der Waals surface area contributed by atoms with Crippen LogP contribution in [0.5, 0.6) is 0 Å². The standard InChI is InChI=1S/C13H25NO3/c1-12(2)5-4-11(17-12)8-14-9-13(15-3)6-7-16-10-13/h11,14H,4-10H2,1-3H3. The van der Waals surface area contributed by atoms with Crippen molar-refractivity contribution < 1.29 is 14.2 Å². The molecule has 0 radical (unpaired) electrons. The first-order chi connectivity index (χ1) is 8.05. The van der Waals surface area contributed by atoms with Crippen LogP contribution in [0.2, 0.25) is 0 Å². The lowest BCUT2D eigenvalue weighted by Crippen LogP contribution is -2.45. The van der Waals surface area contributed by atoms with E-state index >= 15 is 0 Å². The van der Waals surface area contributed by atoms with Crippen LogP contribution in [0.15, 0.2) is 0 Å². The van der Waals surface area contributed by atoms with Gasteiger partial charge in [-0.25, -0.2) is 0 Å². The highest BCUT2D eigenvalue weighted by molar-refractivity contribution is 4.88. The molecule has 2 fully saturated rings. The van der Waals surface area contributed by atoms with E-state index in [-0.39, 0.29) is 11.2 Å². The van der Waals surface area contributed by atoms with Gasteiger partial charge in [0, 0.05) is 33.2 Å². The van der Waals surface area contributed by atoms with Crippen LogP contribution in [0, 0.1) is 0 Å². The average molecular weight is 243 g/mol. The number of rotatable bonds is 5. The minimum atomic E-state index is -0.117. The van der Waals surface area contributed by atoms with Crippen molar-refractivity contribution in [1.82, 2.24) is 5.32 Å². The van der Waals surface area contributed by atoms with E-state index < -0.39 is 0 Å². The molecule has 0 aromatic rings. The predicted molar refractivity (Wildman–Crippen MR) is 66.2 cm³/mol. The van der Waals surface area contributed by atoms with E-state index in [0.717, 1.165) is 39.0 Å². The summed E-state index contributed by atoms with van der Waals surface area (Å²) >= 11 is 0. The van der Waals surface area contributed by atoms with Crippen LogP contribution in [0.1, 0.15) is 33.1 Å². The molecule has 2 heterocycles. The van der Waals surface area contributed by atoms with Crippen molar-refractivity contribution in [3.05, 3.63) is 0 Å². The Bertz CT molecular complexity index is 249. The van der Waals surface area contributed by atoms with E-state index in [0.29, 0.717) is 12.7 Å². The second-order valence-corrected chi connectivity index (χ2v) is 5.86. The second kappa shape index (κ2) is 5.22.